The molecule has 80 heavy (non-hydrogen) atoms. The molecule has 0 radical (unpaired) electrons. The summed E-state index contributed by atoms with van der Waals surface area (Å²) in [4.78, 5) is 85.2. The highest BCUT2D eigenvalue weighted by molar-refractivity contribution is 7.70. The third-order valence-electron chi connectivity index (χ3n) is 15.7. The van der Waals surface area contributed by atoms with Gasteiger partial charge in [-0.3, -0.25) is 32.0 Å². The number of imidazole rings is 2. The number of hydrogen-bond acceptors (Lipinski definition) is 19. The quantitative estimate of drug-likeness (QED) is 0.0396. The summed E-state index contributed by atoms with van der Waals surface area (Å²) >= 11 is 13.3. The summed E-state index contributed by atoms with van der Waals surface area (Å²) < 4.78 is 81.8. The lowest BCUT2D eigenvalue weighted by Gasteiger charge is -2.65. The number of hydrogen-bond donors (Lipinski definition) is 10. The van der Waals surface area contributed by atoms with Crippen molar-refractivity contribution in [2.24, 2.45) is 16.7 Å². The second kappa shape index (κ2) is 19.8. The number of nitrogens with zero attached hydrogens (tertiary/aromatic N) is 9. The number of para-hydroxylation sites is 1. The van der Waals surface area contributed by atoms with Crippen LogP contribution in [-0.2, 0) is 36.8 Å². The minimum absolute atomic E-state index is 0.0232. The van der Waals surface area contributed by atoms with Crippen molar-refractivity contribution in [3.63, 3.8) is 0 Å². The van der Waals surface area contributed by atoms with E-state index in [-0.39, 0.29) is 55.3 Å². The van der Waals surface area contributed by atoms with Crippen LogP contribution in [-0.4, -0.2) is 155 Å². The van der Waals surface area contributed by atoms with Crippen molar-refractivity contribution < 1.29 is 86.2 Å². The monoisotopic (exact) mass is 1230 g/mol. The summed E-state index contributed by atoms with van der Waals surface area (Å²) in [5, 5.41) is 38.8. The second-order valence-corrected chi connectivity index (χ2v) is 31.2. The standard InChI is InChI=1S/C46H54Cl2N10O18P4/c1-44-10-22-11-45(2,15-44)17-46(12-22,16-44)55-36-30-37(52-42(47)51-36)57(18-49-30)41-35(33(60)29(76-41)14-73-80(70,71)21-78(65,66)67)74-23-7-8-27-25(9-23)24-5-3-4-6-26(24)58(27)39-31-38(53-43(48)54-39)56(19-50-31)40-34(61)32(59)28(75-40)13-72-79(68,69)20-77(62,63)64/h3-9,18-19,22,28-29,32-35,40-41,59-61H,10-17,20-21H2,1-2H3,(H,68,69)(H,70,71)(H,51,52,55)(H2,62,63,64)(H2,65,66,67)/t22?,28-,29-,32?,33?,34?,35?,40-,41-,44-,45+,46?/m1/s1. The van der Waals surface area contributed by atoms with Gasteiger partial charge in [-0.25, -0.2) is 9.97 Å². The lowest BCUT2D eigenvalue weighted by atomic mass is 9.43. The summed E-state index contributed by atoms with van der Waals surface area (Å²) in [5.74, 6) is -1.65. The van der Waals surface area contributed by atoms with E-state index in [1.54, 1.807) is 41.0 Å². The molecule has 14 atom stereocenters. The molecular weight excluding hydrogens is 1180 g/mol. The first-order valence-corrected chi connectivity index (χ1v) is 33.0. The predicted octanol–water partition coefficient (Wildman–Crippen LogP) is 5.53. The van der Waals surface area contributed by atoms with Gasteiger partial charge in [0.2, 0.25) is 10.6 Å². The maximum atomic E-state index is 12.9. The third kappa shape index (κ3) is 10.7. The van der Waals surface area contributed by atoms with E-state index in [4.69, 9.17) is 51.4 Å². The Morgan fingerprint density at radius 3 is 1.88 bits per heavy atom. The first-order chi connectivity index (χ1) is 37.5. The molecule has 2 saturated heterocycles. The number of halogens is 2. The predicted molar refractivity (Wildman–Crippen MR) is 284 cm³/mol. The largest absolute Gasteiger partial charge is 0.483 e. The minimum atomic E-state index is -5.02. The van der Waals surface area contributed by atoms with Crippen LogP contribution < -0.4 is 10.1 Å². The Kier molecular flexibility index (Phi) is 13.9. The van der Waals surface area contributed by atoms with Crippen molar-refractivity contribution in [2.75, 3.05) is 30.3 Å². The van der Waals surface area contributed by atoms with E-state index in [0.717, 1.165) is 38.5 Å². The van der Waals surface area contributed by atoms with E-state index >= 15 is 0 Å². The van der Waals surface area contributed by atoms with Crippen molar-refractivity contribution in [3.05, 3.63) is 65.7 Å². The van der Waals surface area contributed by atoms with Crippen LogP contribution in [0.2, 0.25) is 10.6 Å². The van der Waals surface area contributed by atoms with E-state index in [9.17, 15) is 62.9 Å². The van der Waals surface area contributed by atoms with Gasteiger partial charge in [-0.2, -0.15) is 19.9 Å². The Balaban J connectivity index is 0.879. The van der Waals surface area contributed by atoms with Gasteiger partial charge in [-0.05, 0) is 103 Å². The smallest absolute Gasteiger partial charge is 0.340 e. The van der Waals surface area contributed by atoms with Crippen molar-refractivity contribution in [3.8, 4) is 11.6 Å². The van der Waals surface area contributed by atoms with Gasteiger partial charge in [0.15, 0.2) is 64.3 Å². The van der Waals surface area contributed by atoms with Gasteiger partial charge >= 0.3 is 30.4 Å². The van der Waals surface area contributed by atoms with Crippen molar-refractivity contribution in [1.82, 2.24) is 43.6 Å². The number of fused-ring (bicyclic) bond motifs is 5. The summed E-state index contributed by atoms with van der Waals surface area (Å²) in [5.41, 5.74) is 1.88. The fraction of sp³-hybridized carbons (Fsp3) is 0.522. The van der Waals surface area contributed by atoms with E-state index in [0.29, 0.717) is 39.1 Å². The summed E-state index contributed by atoms with van der Waals surface area (Å²) in [6, 6.07) is 12.2. The van der Waals surface area contributed by atoms with Crippen LogP contribution in [0.3, 0.4) is 0 Å². The zero-order chi connectivity index (χ0) is 56.9. The minimum Gasteiger partial charge on any atom is -0.483 e. The average Bonchev–Trinajstić information content (AvgIpc) is 4.13. The molecule has 6 fully saturated rings. The molecule has 4 aliphatic carbocycles. The molecule has 28 nitrogen and oxygen atoms in total. The lowest BCUT2D eigenvalue weighted by molar-refractivity contribution is -0.0973. The number of benzene rings is 2. The number of anilines is 1. The molecule has 0 spiro atoms. The molecule has 4 bridgehead atoms. The fourth-order valence-electron chi connectivity index (χ4n) is 13.9. The van der Waals surface area contributed by atoms with Gasteiger partial charge in [0.25, 0.3) is 0 Å². The van der Waals surface area contributed by atoms with Crippen LogP contribution >= 0.6 is 53.6 Å². The van der Waals surface area contributed by atoms with E-state index < -0.39 is 104 Å². The van der Waals surface area contributed by atoms with Crippen LogP contribution in [0, 0.1) is 16.7 Å². The normalized spacial score (nSPS) is 32.1. The van der Waals surface area contributed by atoms with Gasteiger partial charge in [-0.1, -0.05) is 32.0 Å². The highest BCUT2D eigenvalue weighted by Gasteiger charge is 2.60. The number of aromatic nitrogens is 9. The molecule has 0 amide bonds. The molecule has 7 aromatic rings. The maximum absolute atomic E-state index is 12.9. The number of nitrogens with one attached hydrogen (secondary N) is 1. The molecule has 430 valence electrons. The van der Waals surface area contributed by atoms with E-state index in [2.05, 4.69) is 44.1 Å². The molecule has 2 aromatic carbocycles. The van der Waals surface area contributed by atoms with Crippen molar-refractivity contribution in [2.45, 2.75) is 107 Å². The first kappa shape index (κ1) is 56.4. The zero-order valence-corrected chi connectivity index (χ0v) is 47.3. The van der Waals surface area contributed by atoms with Gasteiger partial charge in [0.05, 0.1) is 36.9 Å². The third-order valence-corrected chi connectivity index (χ3v) is 23.0. The number of aliphatic hydroxyl groups is 3. The molecule has 34 heteroatoms. The van der Waals surface area contributed by atoms with Crippen molar-refractivity contribution >= 4 is 104 Å². The Bertz CT molecular complexity index is 3820. The van der Waals surface area contributed by atoms with Gasteiger partial charge in [0, 0.05) is 16.3 Å². The molecule has 5 aromatic heterocycles. The van der Waals surface area contributed by atoms with Gasteiger partial charge in [-0.15, -0.1) is 0 Å². The topological polar surface area (TPSA) is 401 Å². The molecule has 2 aliphatic heterocycles. The highest BCUT2D eigenvalue weighted by Crippen LogP contribution is 2.67. The van der Waals surface area contributed by atoms with Crippen molar-refractivity contribution in [1.29, 1.82) is 0 Å². The van der Waals surface area contributed by atoms with Gasteiger partial charge in [0.1, 0.15) is 36.3 Å². The van der Waals surface area contributed by atoms with Crippen LogP contribution in [0.1, 0.15) is 64.8 Å². The Morgan fingerprint density at radius 2 is 1.24 bits per heavy atom. The number of aliphatic hydroxyl groups excluding tert-OH is 3. The molecule has 4 saturated carbocycles. The SMILES string of the molecule is C[C@]12CC3CC(Nc4nc(Cl)nc5c4ncn5[C@@H]4O[C@H](COP(=O)(O)CP(=O)(O)O)C(O)C4Oc4ccc5c(c4)c4ccccc4n5-c4nc(Cl)nc5c4ncn5[C@@H]4O[C@H](COP(=O)(O)CP(=O)(O)O)C(O)C4O)(C1)C[C@@](C)(C3)C2. The van der Waals surface area contributed by atoms with Crippen LogP contribution in [0.15, 0.2) is 55.1 Å². The second-order valence-electron chi connectivity index (χ2n) is 22.5. The molecular formula is C46H54Cl2N10O18P4. The molecule has 6 aliphatic rings. The summed E-state index contributed by atoms with van der Waals surface area (Å²) in [6.07, 6.45) is -3.01. The summed E-state index contributed by atoms with van der Waals surface area (Å²) in [7, 11) is -19.8. The first-order valence-electron chi connectivity index (χ1n) is 25.1. The Labute approximate surface area is 462 Å². The molecule has 10 N–H and O–H groups in total. The maximum Gasteiger partial charge on any atom is 0.340 e. The molecule has 8 unspecified atom stereocenters. The lowest BCUT2D eigenvalue weighted by Crippen LogP contribution is -2.61. The zero-order valence-electron chi connectivity index (χ0n) is 42.2. The van der Waals surface area contributed by atoms with E-state index in [1.165, 1.54) is 21.8 Å². The highest BCUT2D eigenvalue weighted by atomic mass is 35.5. The molecule has 13 rings (SSSR count). The van der Waals surface area contributed by atoms with Crippen LogP contribution in [0.4, 0.5) is 5.82 Å². The Morgan fingerprint density at radius 1 is 0.675 bits per heavy atom. The van der Waals surface area contributed by atoms with Gasteiger partial charge < -0.3 is 73.3 Å². The number of ether oxygens (including phenoxy) is 3. The Hall–Kier alpha value is -4.08. The number of rotatable bonds is 17. The average molecular weight is 1230 g/mol. The molecule has 7 heterocycles. The fourth-order valence-corrected chi connectivity index (χ4v) is 19.3. The summed E-state index contributed by atoms with van der Waals surface area (Å²) in [6.45, 7) is 3.08. The van der Waals surface area contributed by atoms with Crippen LogP contribution in [0.25, 0.3) is 50.0 Å². The van der Waals surface area contributed by atoms with Crippen LogP contribution in [0.5, 0.6) is 5.75 Å². The van der Waals surface area contributed by atoms with E-state index in [1.807, 2.05) is 6.07 Å².